The lowest BCUT2D eigenvalue weighted by Gasteiger charge is -2.31. The first-order valence-corrected chi connectivity index (χ1v) is 8.93. The van der Waals surface area contributed by atoms with E-state index in [1.165, 1.54) is 19.1 Å². The summed E-state index contributed by atoms with van der Waals surface area (Å²) >= 11 is 0. The van der Waals surface area contributed by atoms with E-state index in [-0.39, 0.29) is 23.7 Å². The van der Waals surface area contributed by atoms with E-state index in [9.17, 15) is 9.59 Å². The molecule has 0 heterocycles. The Morgan fingerprint density at radius 2 is 1.79 bits per heavy atom. The molecule has 1 saturated carbocycles. The molecule has 1 aliphatic carbocycles. The molecule has 0 saturated heterocycles. The highest BCUT2D eigenvalue weighted by atomic mass is 16.5. The van der Waals surface area contributed by atoms with Crippen molar-refractivity contribution in [1.82, 2.24) is 4.90 Å². The van der Waals surface area contributed by atoms with Crippen LogP contribution in [0.4, 0.5) is 0 Å². The zero-order valence-electron chi connectivity index (χ0n) is 15.1. The number of aryl methyl sites for hydroxylation is 1. The number of rotatable bonds is 6. The van der Waals surface area contributed by atoms with E-state index < -0.39 is 0 Å². The van der Waals surface area contributed by atoms with E-state index in [0.717, 1.165) is 31.2 Å². The summed E-state index contributed by atoms with van der Waals surface area (Å²) in [6.07, 6.45) is 5.41. The summed E-state index contributed by atoms with van der Waals surface area (Å²) < 4.78 is 4.83. The summed E-state index contributed by atoms with van der Waals surface area (Å²) in [6.45, 7) is 4.84. The van der Waals surface area contributed by atoms with Crippen LogP contribution in [0.15, 0.2) is 24.3 Å². The molecular weight excluding hydrogens is 302 g/mol. The van der Waals surface area contributed by atoms with E-state index in [4.69, 9.17) is 4.74 Å². The molecule has 132 valence electrons. The molecule has 4 nitrogen and oxygen atoms in total. The van der Waals surface area contributed by atoms with Crippen LogP contribution in [0.5, 0.6) is 0 Å². The van der Waals surface area contributed by atoms with E-state index in [1.807, 2.05) is 18.7 Å². The van der Waals surface area contributed by atoms with Crippen LogP contribution >= 0.6 is 0 Å². The number of hydrogen-bond donors (Lipinski definition) is 0. The molecule has 0 N–H and O–H groups in total. The summed E-state index contributed by atoms with van der Waals surface area (Å²) in [6, 6.07) is 8.23. The second-order valence-electron chi connectivity index (χ2n) is 6.96. The Morgan fingerprint density at radius 1 is 1.17 bits per heavy atom. The largest absolute Gasteiger partial charge is 0.469 e. The lowest BCUT2D eigenvalue weighted by Crippen LogP contribution is -2.40. The predicted octanol–water partition coefficient (Wildman–Crippen LogP) is 3.71. The van der Waals surface area contributed by atoms with Crippen molar-refractivity contribution in [2.45, 2.75) is 52.5 Å². The van der Waals surface area contributed by atoms with Crippen molar-refractivity contribution in [2.75, 3.05) is 13.7 Å². The average molecular weight is 331 g/mol. The molecule has 1 aromatic carbocycles. The molecule has 2 rings (SSSR count). The van der Waals surface area contributed by atoms with Gasteiger partial charge in [-0.1, -0.05) is 56.0 Å². The molecule has 1 unspecified atom stereocenters. The Morgan fingerprint density at radius 3 is 2.38 bits per heavy atom. The van der Waals surface area contributed by atoms with Crippen LogP contribution in [0.2, 0.25) is 0 Å². The highest BCUT2D eigenvalue weighted by molar-refractivity contribution is 5.80. The maximum atomic E-state index is 13.0. The normalized spacial score (nSPS) is 16.5. The van der Waals surface area contributed by atoms with Gasteiger partial charge in [0, 0.05) is 19.0 Å². The number of nitrogens with zero attached hydrogens (tertiary/aromatic N) is 1. The summed E-state index contributed by atoms with van der Waals surface area (Å²) in [7, 11) is 1.39. The smallest absolute Gasteiger partial charge is 0.310 e. The molecule has 1 atom stereocenters. The molecule has 4 heteroatoms. The van der Waals surface area contributed by atoms with Gasteiger partial charge in [0.15, 0.2) is 0 Å². The van der Waals surface area contributed by atoms with Gasteiger partial charge < -0.3 is 9.64 Å². The third-order valence-corrected chi connectivity index (χ3v) is 4.86. The zero-order valence-corrected chi connectivity index (χ0v) is 15.1. The molecule has 0 bridgehead atoms. The molecule has 24 heavy (non-hydrogen) atoms. The maximum Gasteiger partial charge on any atom is 0.310 e. The number of hydrogen-bond acceptors (Lipinski definition) is 3. The molecule has 1 aliphatic rings. The van der Waals surface area contributed by atoms with Crippen LogP contribution in [0, 0.1) is 18.8 Å². The van der Waals surface area contributed by atoms with Gasteiger partial charge in [-0.2, -0.15) is 0 Å². The van der Waals surface area contributed by atoms with Crippen molar-refractivity contribution in [3.8, 4) is 0 Å². The summed E-state index contributed by atoms with van der Waals surface area (Å²) in [5.41, 5.74) is 2.30. The number of carbonyl (C=O) groups excluding carboxylic acids is 2. The monoisotopic (exact) mass is 331 g/mol. The minimum absolute atomic E-state index is 0.106. The van der Waals surface area contributed by atoms with E-state index in [2.05, 4.69) is 24.3 Å². The zero-order chi connectivity index (χ0) is 17.5. The van der Waals surface area contributed by atoms with Gasteiger partial charge >= 0.3 is 5.97 Å². The minimum Gasteiger partial charge on any atom is -0.469 e. The number of ether oxygens (including phenoxy) is 1. The third kappa shape index (κ3) is 5.08. The fraction of sp³-hybridized carbons (Fsp3) is 0.600. The lowest BCUT2D eigenvalue weighted by molar-refractivity contribution is -0.147. The Labute approximate surface area is 145 Å². The Hall–Kier alpha value is -1.84. The first kappa shape index (κ1) is 18.5. The predicted molar refractivity (Wildman–Crippen MR) is 94.4 cm³/mol. The van der Waals surface area contributed by atoms with Gasteiger partial charge in [0.1, 0.15) is 0 Å². The van der Waals surface area contributed by atoms with Crippen molar-refractivity contribution in [1.29, 1.82) is 0 Å². The standard InChI is InChI=1S/C20H29NO3/c1-15-9-11-17(12-10-15)14-21(13-16(2)20(23)24-3)19(22)18-7-5-4-6-8-18/h9-12,16,18H,4-8,13-14H2,1-3H3. The van der Waals surface area contributed by atoms with Crippen LogP contribution in [0.1, 0.15) is 50.2 Å². The second-order valence-corrected chi connectivity index (χ2v) is 6.96. The number of amides is 1. The fourth-order valence-corrected chi connectivity index (χ4v) is 3.36. The van der Waals surface area contributed by atoms with Crippen molar-refractivity contribution in [3.05, 3.63) is 35.4 Å². The number of methoxy groups -OCH3 is 1. The van der Waals surface area contributed by atoms with Crippen LogP contribution < -0.4 is 0 Å². The van der Waals surface area contributed by atoms with Crippen LogP contribution in [-0.2, 0) is 20.9 Å². The fourth-order valence-electron chi connectivity index (χ4n) is 3.36. The SMILES string of the molecule is COC(=O)C(C)CN(Cc1ccc(C)cc1)C(=O)C1CCCCC1. The molecule has 1 amide bonds. The number of esters is 1. The van der Waals surface area contributed by atoms with Gasteiger partial charge in [0.25, 0.3) is 0 Å². The first-order chi connectivity index (χ1) is 11.5. The first-order valence-electron chi connectivity index (χ1n) is 8.93. The van der Waals surface area contributed by atoms with Crippen molar-refractivity contribution in [3.63, 3.8) is 0 Å². The van der Waals surface area contributed by atoms with E-state index in [0.29, 0.717) is 13.1 Å². The quantitative estimate of drug-likeness (QED) is 0.747. The van der Waals surface area contributed by atoms with Crippen LogP contribution in [0.25, 0.3) is 0 Å². The highest BCUT2D eigenvalue weighted by Crippen LogP contribution is 2.26. The summed E-state index contributed by atoms with van der Waals surface area (Å²) in [5, 5.41) is 0. The number of carbonyl (C=O) groups is 2. The Balaban J connectivity index is 2.11. The third-order valence-electron chi connectivity index (χ3n) is 4.86. The van der Waals surface area contributed by atoms with Crippen LogP contribution in [-0.4, -0.2) is 30.4 Å². The Kier molecular flexibility index (Phi) is 6.83. The molecule has 0 aliphatic heterocycles. The van der Waals surface area contributed by atoms with Gasteiger partial charge in [-0.25, -0.2) is 0 Å². The number of benzene rings is 1. The topological polar surface area (TPSA) is 46.6 Å². The molecule has 1 fully saturated rings. The summed E-state index contributed by atoms with van der Waals surface area (Å²) in [5.74, 6) is -0.284. The van der Waals surface area contributed by atoms with Crippen molar-refractivity contribution in [2.24, 2.45) is 11.8 Å². The van der Waals surface area contributed by atoms with Gasteiger partial charge in [-0.3, -0.25) is 9.59 Å². The van der Waals surface area contributed by atoms with Crippen LogP contribution in [0.3, 0.4) is 0 Å². The van der Waals surface area contributed by atoms with Crippen molar-refractivity contribution < 1.29 is 14.3 Å². The molecular formula is C20H29NO3. The van der Waals surface area contributed by atoms with Gasteiger partial charge in [-0.15, -0.1) is 0 Å². The van der Waals surface area contributed by atoms with Crippen molar-refractivity contribution >= 4 is 11.9 Å². The molecule has 0 aromatic heterocycles. The molecule has 0 radical (unpaired) electrons. The average Bonchev–Trinajstić information content (AvgIpc) is 2.62. The van der Waals surface area contributed by atoms with Gasteiger partial charge in [-0.05, 0) is 25.3 Å². The maximum absolute atomic E-state index is 13.0. The highest BCUT2D eigenvalue weighted by Gasteiger charge is 2.28. The molecule has 1 aromatic rings. The van der Waals surface area contributed by atoms with E-state index in [1.54, 1.807) is 0 Å². The molecule has 0 spiro atoms. The van der Waals surface area contributed by atoms with Gasteiger partial charge in [0.2, 0.25) is 5.91 Å². The lowest BCUT2D eigenvalue weighted by atomic mass is 9.88. The minimum atomic E-state index is -0.312. The van der Waals surface area contributed by atoms with Gasteiger partial charge in [0.05, 0.1) is 13.0 Å². The van der Waals surface area contributed by atoms with E-state index >= 15 is 0 Å². The Bertz CT molecular complexity index is 547. The second kappa shape index (κ2) is 8.86. The summed E-state index contributed by atoms with van der Waals surface area (Å²) in [4.78, 5) is 26.6.